The van der Waals surface area contributed by atoms with E-state index in [1.807, 2.05) is 6.07 Å². The van der Waals surface area contributed by atoms with Crippen LogP contribution in [0.4, 0.5) is 22.8 Å². The summed E-state index contributed by atoms with van der Waals surface area (Å²) in [5.41, 5.74) is -0.0663. The number of urea groups is 1. The van der Waals surface area contributed by atoms with Crippen LogP contribution in [0.5, 0.6) is 0 Å². The number of benzene rings is 1. The fraction of sp³-hybridized carbons (Fsp3) is 0.176. The fourth-order valence-corrected chi connectivity index (χ4v) is 3.55. The average molecular weight is 408 g/mol. The Balaban J connectivity index is 2.02. The maximum Gasteiger partial charge on any atom is 0.416 e. The van der Waals surface area contributed by atoms with Crippen LogP contribution in [0.3, 0.4) is 0 Å². The number of aromatic nitrogens is 1. The predicted molar refractivity (Wildman–Crippen MR) is 92.0 cm³/mol. The van der Waals surface area contributed by atoms with Crippen LogP contribution in [-0.2, 0) is 6.18 Å². The van der Waals surface area contributed by atoms with Crippen LogP contribution in [0.15, 0.2) is 40.9 Å². The predicted octanol–water partition coefficient (Wildman–Crippen LogP) is 4.37. The largest absolute Gasteiger partial charge is 0.465 e. The van der Waals surface area contributed by atoms with E-state index >= 15 is 0 Å². The van der Waals surface area contributed by atoms with Crippen molar-refractivity contribution in [2.24, 2.45) is 0 Å². The molecule has 28 heavy (non-hydrogen) atoms. The van der Waals surface area contributed by atoms with Gasteiger partial charge in [0.25, 0.3) is 0 Å². The standard InChI is InChI=1S/C17H11F3N4O3S/c1-8-11(6-21)13(24(16(26)27)15(25)22-8)12-7-28-14(23-12)9-2-4-10(5-3-9)17(18,19)20/h2-5,7,13H,1H3,(H,22,25)(H,26,27). The van der Waals surface area contributed by atoms with Crippen molar-refractivity contribution >= 4 is 23.5 Å². The number of allylic oxidation sites excluding steroid dienone is 1. The molecule has 11 heteroatoms. The molecule has 1 aliphatic rings. The van der Waals surface area contributed by atoms with Crippen LogP contribution >= 0.6 is 11.3 Å². The Bertz CT molecular complexity index is 1020. The summed E-state index contributed by atoms with van der Waals surface area (Å²) in [6.07, 6.45) is -6.03. The molecule has 2 aromatic rings. The van der Waals surface area contributed by atoms with Crippen molar-refractivity contribution < 1.29 is 27.9 Å². The van der Waals surface area contributed by atoms with Crippen molar-refractivity contribution in [3.63, 3.8) is 0 Å². The molecule has 0 aliphatic carbocycles. The van der Waals surface area contributed by atoms with Gasteiger partial charge in [-0.1, -0.05) is 12.1 Å². The second-order valence-corrected chi connectivity index (χ2v) is 6.65. The highest BCUT2D eigenvalue weighted by molar-refractivity contribution is 7.13. The SMILES string of the molecule is CC1=C(C#N)C(c2csc(-c3ccc(C(F)(F)F)cc3)n2)N(C(=O)O)C(=O)N1. The van der Waals surface area contributed by atoms with E-state index < -0.39 is 29.9 Å². The van der Waals surface area contributed by atoms with E-state index in [4.69, 9.17) is 0 Å². The van der Waals surface area contributed by atoms with Crippen molar-refractivity contribution in [3.05, 3.63) is 52.2 Å². The second-order valence-electron chi connectivity index (χ2n) is 5.79. The molecule has 0 radical (unpaired) electrons. The Kier molecular flexibility index (Phi) is 4.82. The van der Waals surface area contributed by atoms with Gasteiger partial charge in [0, 0.05) is 16.6 Å². The minimum Gasteiger partial charge on any atom is -0.465 e. The minimum absolute atomic E-state index is 0.00580. The van der Waals surface area contributed by atoms with Gasteiger partial charge in [-0.15, -0.1) is 11.3 Å². The lowest BCUT2D eigenvalue weighted by atomic mass is 10.0. The summed E-state index contributed by atoms with van der Waals surface area (Å²) in [5.74, 6) is 0. The Morgan fingerprint density at radius 2 is 2.00 bits per heavy atom. The lowest BCUT2D eigenvalue weighted by Gasteiger charge is -2.31. The first-order valence-corrected chi connectivity index (χ1v) is 8.58. The molecule has 0 saturated carbocycles. The third-order valence-electron chi connectivity index (χ3n) is 4.04. The highest BCUT2D eigenvalue weighted by Gasteiger charge is 2.40. The molecule has 2 N–H and O–H groups in total. The number of carbonyl (C=O) groups is 2. The van der Waals surface area contributed by atoms with Gasteiger partial charge in [-0.25, -0.2) is 19.5 Å². The van der Waals surface area contributed by atoms with E-state index in [1.54, 1.807) is 0 Å². The number of nitrogens with zero attached hydrogens (tertiary/aromatic N) is 3. The zero-order valence-electron chi connectivity index (χ0n) is 14.1. The van der Waals surface area contributed by atoms with Crippen molar-refractivity contribution in [1.82, 2.24) is 15.2 Å². The van der Waals surface area contributed by atoms with Gasteiger partial charge < -0.3 is 10.4 Å². The van der Waals surface area contributed by atoms with Gasteiger partial charge in [-0.2, -0.15) is 18.4 Å². The van der Waals surface area contributed by atoms with E-state index in [0.717, 1.165) is 23.5 Å². The van der Waals surface area contributed by atoms with Crippen LogP contribution in [0.2, 0.25) is 0 Å². The second kappa shape index (κ2) is 6.97. The van der Waals surface area contributed by atoms with E-state index in [9.17, 15) is 33.1 Å². The number of halogens is 3. The summed E-state index contributed by atoms with van der Waals surface area (Å²) < 4.78 is 38.1. The molecule has 1 aliphatic heterocycles. The summed E-state index contributed by atoms with van der Waals surface area (Å²) >= 11 is 1.06. The zero-order valence-corrected chi connectivity index (χ0v) is 14.9. The van der Waals surface area contributed by atoms with Crippen LogP contribution in [0.25, 0.3) is 10.6 Å². The van der Waals surface area contributed by atoms with E-state index in [-0.39, 0.29) is 17.0 Å². The van der Waals surface area contributed by atoms with Crippen molar-refractivity contribution in [3.8, 4) is 16.6 Å². The molecule has 0 spiro atoms. The highest BCUT2D eigenvalue weighted by atomic mass is 32.1. The molecule has 0 saturated heterocycles. The normalized spacial score (nSPS) is 17.3. The van der Waals surface area contributed by atoms with E-state index in [1.165, 1.54) is 24.4 Å². The van der Waals surface area contributed by atoms with Gasteiger partial charge in [0.1, 0.15) is 11.0 Å². The number of amides is 3. The van der Waals surface area contributed by atoms with Gasteiger partial charge in [-0.3, -0.25) is 0 Å². The van der Waals surface area contributed by atoms with Gasteiger partial charge in [0.15, 0.2) is 0 Å². The number of alkyl halides is 3. The monoisotopic (exact) mass is 408 g/mol. The number of carbonyl (C=O) groups excluding carboxylic acids is 1. The maximum absolute atomic E-state index is 12.7. The Labute approximate surface area is 160 Å². The van der Waals surface area contributed by atoms with Crippen molar-refractivity contribution in [1.29, 1.82) is 5.26 Å². The summed E-state index contributed by atoms with van der Waals surface area (Å²) in [6.45, 7) is 1.46. The number of carboxylic acid groups (broad SMARTS) is 1. The number of hydrogen-bond acceptors (Lipinski definition) is 5. The molecule has 1 unspecified atom stereocenters. The minimum atomic E-state index is -4.46. The fourth-order valence-electron chi connectivity index (χ4n) is 2.71. The van der Waals surface area contributed by atoms with Gasteiger partial charge in [0.2, 0.25) is 0 Å². The van der Waals surface area contributed by atoms with Crippen LogP contribution in [0, 0.1) is 11.3 Å². The Morgan fingerprint density at radius 3 is 2.54 bits per heavy atom. The quantitative estimate of drug-likeness (QED) is 0.767. The molecular weight excluding hydrogens is 397 g/mol. The van der Waals surface area contributed by atoms with Crippen molar-refractivity contribution in [2.75, 3.05) is 0 Å². The highest BCUT2D eigenvalue weighted by Crippen LogP contribution is 2.36. The number of thiazole rings is 1. The molecule has 144 valence electrons. The van der Waals surface area contributed by atoms with Crippen LogP contribution in [0.1, 0.15) is 24.2 Å². The molecule has 3 rings (SSSR count). The molecular formula is C17H11F3N4O3S. The Hall–Kier alpha value is -3.39. The topological polar surface area (TPSA) is 106 Å². The molecule has 7 nitrogen and oxygen atoms in total. The van der Waals surface area contributed by atoms with E-state index in [2.05, 4.69) is 10.3 Å². The number of hydrogen-bond donors (Lipinski definition) is 2. The van der Waals surface area contributed by atoms with Gasteiger partial charge >= 0.3 is 18.3 Å². The maximum atomic E-state index is 12.7. The first-order chi connectivity index (χ1) is 13.1. The molecule has 1 atom stereocenters. The lowest BCUT2D eigenvalue weighted by Crippen LogP contribution is -2.49. The van der Waals surface area contributed by atoms with Gasteiger partial charge in [-0.05, 0) is 19.1 Å². The number of rotatable bonds is 2. The molecule has 2 heterocycles. The molecule has 1 aromatic heterocycles. The first-order valence-electron chi connectivity index (χ1n) is 7.70. The first kappa shape index (κ1) is 19.4. The van der Waals surface area contributed by atoms with Gasteiger partial charge in [0.05, 0.1) is 22.9 Å². The zero-order chi connectivity index (χ0) is 20.6. The Morgan fingerprint density at radius 1 is 1.36 bits per heavy atom. The molecule has 0 fully saturated rings. The third kappa shape index (κ3) is 3.41. The molecule has 0 bridgehead atoms. The smallest absolute Gasteiger partial charge is 0.416 e. The summed E-state index contributed by atoms with van der Waals surface area (Å²) in [4.78, 5) is 28.3. The third-order valence-corrected chi connectivity index (χ3v) is 4.95. The number of nitrogens with one attached hydrogen (secondary N) is 1. The lowest BCUT2D eigenvalue weighted by molar-refractivity contribution is -0.137. The van der Waals surface area contributed by atoms with Crippen LogP contribution in [-0.4, -0.2) is 27.1 Å². The van der Waals surface area contributed by atoms with Crippen LogP contribution < -0.4 is 5.32 Å². The van der Waals surface area contributed by atoms with E-state index in [0.29, 0.717) is 15.5 Å². The average Bonchev–Trinajstić information content (AvgIpc) is 3.10. The summed E-state index contributed by atoms with van der Waals surface area (Å²) in [6, 6.07) is 4.05. The molecule has 1 aromatic carbocycles. The molecule has 3 amide bonds. The summed E-state index contributed by atoms with van der Waals surface area (Å²) in [5, 5.41) is 22.9. The summed E-state index contributed by atoms with van der Waals surface area (Å²) in [7, 11) is 0. The van der Waals surface area contributed by atoms with Crippen molar-refractivity contribution in [2.45, 2.75) is 19.1 Å². The number of nitriles is 1. The number of imide groups is 1.